The molecule has 1 aliphatic rings. The summed E-state index contributed by atoms with van der Waals surface area (Å²) < 4.78 is 37.5. The minimum atomic E-state index is -4.41. The molecule has 2 amide bonds. The van der Waals surface area contributed by atoms with Crippen LogP contribution in [-0.4, -0.2) is 22.8 Å². The fraction of sp³-hybridized carbons (Fsp3) is 0.571. The zero-order chi connectivity index (χ0) is 12.3. The maximum Gasteiger partial charge on any atom is 0.425 e. The molecule has 0 aromatic heterocycles. The van der Waals surface area contributed by atoms with Crippen LogP contribution in [0.3, 0.4) is 0 Å². The Morgan fingerprint density at radius 3 is 2.62 bits per heavy atom. The fourth-order valence-corrected chi connectivity index (χ4v) is 1.48. The minimum Gasteiger partial charge on any atom is -0.335 e. The van der Waals surface area contributed by atoms with Gasteiger partial charge in [-0.25, -0.2) is 10.2 Å². The van der Waals surface area contributed by atoms with Gasteiger partial charge in [0.1, 0.15) is 4.91 Å². The number of nitrogens with one attached hydrogen (secondary N) is 3. The third-order valence-corrected chi connectivity index (χ3v) is 2.33. The van der Waals surface area contributed by atoms with Crippen LogP contribution in [0.4, 0.5) is 18.0 Å². The first-order valence-corrected chi connectivity index (χ1v) is 5.15. The number of urea groups is 1. The highest BCUT2D eigenvalue weighted by atomic mass is 32.2. The van der Waals surface area contributed by atoms with Crippen LogP contribution in [0.25, 0.3) is 0 Å². The predicted octanol–water partition coefficient (Wildman–Crippen LogP) is 1.48. The summed E-state index contributed by atoms with van der Waals surface area (Å²) in [6.45, 7) is 3.48. The minimum absolute atomic E-state index is 0.0948. The van der Waals surface area contributed by atoms with Crippen molar-refractivity contribution >= 4 is 18.0 Å². The summed E-state index contributed by atoms with van der Waals surface area (Å²) in [5.41, 5.74) is 4.46. The Bertz CT molecular complexity index is 304. The zero-order valence-electron chi connectivity index (χ0n) is 8.55. The second-order valence-corrected chi connectivity index (χ2v) is 4.25. The Morgan fingerprint density at radius 2 is 2.19 bits per heavy atom. The van der Waals surface area contributed by atoms with Crippen molar-refractivity contribution in [1.82, 2.24) is 20.7 Å². The van der Waals surface area contributed by atoms with Crippen molar-refractivity contribution in [3.8, 4) is 0 Å². The van der Waals surface area contributed by atoms with Crippen molar-refractivity contribution in [2.24, 2.45) is 0 Å². The molecule has 0 aliphatic carbocycles. The molecule has 1 aliphatic heterocycles. The van der Waals surface area contributed by atoms with Gasteiger partial charge in [-0.1, -0.05) is 4.52 Å². The van der Waals surface area contributed by atoms with Crippen LogP contribution in [0.5, 0.6) is 0 Å². The van der Waals surface area contributed by atoms with E-state index in [4.69, 9.17) is 0 Å². The molecule has 0 unspecified atom stereocenters. The second-order valence-electron chi connectivity index (χ2n) is 3.26. The maximum atomic E-state index is 12.2. The highest BCUT2D eigenvalue weighted by molar-refractivity contribution is 8.01. The lowest BCUT2D eigenvalue weighted by Gasteiger charge is -2.17. The molecule has 0 atom stereocenters. The molecular weight excluding hydrogens is 245 g/mol. The maximum absolute atomic E-state index is 12.2. The molecule has 0 saturated heterocycles. The predicted molar refractivity (Wildman–Crippen MR) is 53.5 cm³/mol. The first-order chi connectivity index (χ1) is 7.29. The van der Waals surface area contributed by atoms with Gasteiger partial charge in [-0.2, -0.15) is 13.2 Å². The highest BCUT2D eigenvalue weighted by Crippen LogP contribution is 2.37. The Labute approximate surface area is 94.5 Å². The summed E-state index contributed by atoms with van der Waals surface area (Å²) in [6, 6.07) is -0.672. The largest absolute Gasteiger partial charge is 0.425 e. The smallest absolute Gasteiger partial charge is 0.335 e. The Balaban J connectivity index is 2.37. The van der Waals surface area contributed by atoms with Crippen molar-refractivity contribution < 1.29 is 18.0 Å². The number of amides is 2. The molecule has 0 saturated carbocycles. The number of rotatable bonds is 2. The third kappa shape index (κ3) is 3.81. The number of alkyl halides is 3. The van der Waals surface area contributed by atoms with Gasteiger partial charge in [-0.3, -0.25) is 5.43 Å². The average molecular weight is 256 g/mol. The van der Waals surface area contributed by atoms with Gasteiger partial charge in [0.2, 0.25) is 0 Å². The number of allylic oxidation sites excluding steroid dienone is 1. The number of hydrazine groups is 2. The molecule has 3 N–H and O–H groups in total. The van der Waals surface area contributed by atoms with Gasteiger partial charge in [-0.15, -0.1) is 0 Å². The van der Waals surface area contributed by atoms with E-state index in [-0.39, 0.29) is 6.04 Å². The molecule has 92 valence electrons. The molecule has 0 radical (unpaired) electrons. The summed E-state index contributed by atoms with van der Waals surface area (Å²) in [5.74, 6) is 0. The van der Waals surface area contributed by atoms with E-state index in [1.165, 1.54) is 0 Å². The van der Waals surface area contributed by atoms with Crippen molar-refractivity contribution in [3.63, 3.8) is 0 Å². The van der Waals surface area contributed by atoms with Crippen LogP contribution in [0.2, 0.25) is 0 Å². The topological polar surface area (TPSA) is 56.4 Å². The summed E-state index contributed by atoms with van der Waals surface area (Å²) in [4.78, 5) is 10.3. The van der Waals surface area contributed by atoms with E-state index in [2.05, 4.69) is 16.2 Å². The van der Waals surface area contributed by atoms with Crippen LogP contribution in [0.15, 0.2) is 11.1 Å². The number of nitrogens with zero attached hydrogens (tertiary/aromatic N) is 1. The fourth-order valence-electron chi connectivity index (χ4n) is 0.844. The van der Waals surface area contributed by atoms with Crippen molar-refractivity contribution in [2.45, 2.75) is 26.1 Å². The van der Waals surface area contributed by atoms with Crippen molar-refractivity contribution in [1.29, 1.82) is 0 Å². The Hall–Kier alpha value is -1.09. The molecule has 0 aromatic rings. The lowest BCUT2D eigenvalue weighted by Crippen LogP contribution is -2.48. The van der Waals surface area contributed by atoms with E-state index >= 15 is 0 Å². The van der Waals surface area contributed by atoms with Crippen LogP contribution in [0.1, 0.15) is 13.8 Å². The molecule has 0 spiro atoms. The molecule has 5 nitrogen and oxygen atoms in total. The van der Waals surface area contributed by atoms with Gasteiger partial charge < -0.3 is 5.32 Å². The van der Waals surface area contributed by atoms with Gasteiger partial charge in [0.25, 0.3) is 0 Å². The lowest BCUT2D eigenvalue weighted by molar-refractivity contribution is -0.0836. The summed E-state index contributed by atoms with van der Waals surface area (Å²) in [7, 11) is 0. The zero-order valence-corrected chi connectivity index (χ0v) is 9.37. The van der Waals surface area contributed by atoms with Crippen molar-refractivity contribution in [2.75, 3.05) is 0 Å². The monoisotopic (exact) mass is 256 g/mol. The SMILES string of the molecule is CC(C)NC(=O)NN1NC=C(C(F)(F)F)S1. The van der Waals surface area contributed by atoms with E-state index in [9.17, 15) is 18.0 Å². The molecule has 16 heavy (non-hydrogen) atoms. The van der Waals surface area contributed by atoms with Crippen LogP contribution < -0.4 is 16.2 Å². The standard InChI is InChI=1S/C7H11F3N4OS/c1-4(2)12-6(15)13-14-11-3-5(16-14)7(8,9)10/h3-4,11H,1-2H3,(H2,12,13,15). The van der Waals surface area contributed by atoms with E-state index in [0.29, 0.717) is 11.9 Å². The molecule has 0 aromatic carbocycles. The summed E-state index contributed by atoms with van der Waals surface area (Å²) in [5, 5.41) is 2.47. The van der Waals surface area contributed by atoms with Gasteiger partial charge in [0.05, 0.1) is 0 Å². The summed E-state index contributed by atoms with van der Waals surface area (Å²) >= 11 is 0.359. The van der Waals surface area contributed by atoms with E-state index < -0.39 is 17.1 Å². The summed E-state index contributed by atoms with van der Waals surface area (Å²) in [6.07, 6.45) is -3.64. The molecule has 1 rings (SSSR count). The van der Waals surface area contributed by atoms with E-state index in [1.54, 1.807) is 13.8 Å². The van der Waals surface area contributed by atoms with E-state index in [1.807, 2.05) is 0 Å². The van der Waals surface area contributed by atoms with Crippen LogP contribution in [-0.2, 0) is 0 Å². The first-order valence-electron chi connectivity index (χ1n) is 4.38. The number of carbonyl (C=O) groups is 1. The van der Waals surface area contributed by atoms with Crippen LogP contribution >= 0.6 is 11.9 Å². The average Bonchev–Trinajstić information content (AvgIpc) is 2.49. The second kappa shape index (κ2) is 4.83. The number of hydrogen-bond donors (Lipinski definition) is 3. The molecule has 0 bridgehead atoms. The van der Waals surface area contributed by atoms with Gasteiger partial charge >= 0.3 is 12.2 Å². The van der Waals surface area contributed by atoms with E-state index in [0.717, 1.165) is 10.7 Å². The number of hydrogen-bond acceptors (Lipinski definition) is 4. The highest BCUT2D eigenvalue weighted by Gasteiger charge is 2.39. The quantitative estimate of drug-likeness (QED) is 0.655. The molecular formula is C7H11F3N4OS. The van der Waals surface area contributed by atoms with Crippen molar-refractivity contribution in [3.05, 3.63) is 11.1 Å². The molecule has 1 heterocycles. The van der Waals surface area contributed by atoms with Crippen LogP contribution in [0, 0.1) is 0 Å². The van der Waals surface area contributed by atoms with Gasteiger partial charge in [0.15, 0.2) is 0 Å². The lowest BCUT2D eigenvalue weighted by atomic mass is 10.4. The normalized spacial score (nSPS) is 17.0. The molecule has 9 heteroatoms. The Kier molecular flexibility index (Phi) is 3.92. The number of carbonyl (C=O) groups excluding carboxylic acids is 1. The van der Waals surface area contributed by atoms with Gasteiger partial charge in [-0.05, 0) is 13.8 Å². The third-order valence-electron chi connectivity index (χ3n) is 1.40. The van der Waals surface area contributed by atoms with Gasteiger partial charge in [0, 0.05) is 24.2 Å². The first kappa shape index (κ1) is 13.0. The Morgan fingerprint density at radius 1 is 1.56 bits per heavy atom. The molecule has 0 fully saturated rings. The number of halogens is 3.